The number of aromatic nitrogens is 4. The average molecular weight is 465 g/mol. The average Bonchev–Trinajstić information content (AvgIpc) is 3.53. The molecule has 3 aliphatic rings. The molecule has 0 radical (unpaired) electrons. The third-order valence-electron chi connectivity index (χ3n) is 7.31. The molecule has 0 unspecified atom stereocenters. The van der Waals surface area contributed by atoms with Crippen molar-refractivity contribution in [3.63, 3.8) is 0 Å². The summed E-state index contributed by atoms with van der Waals surface area (Å²) in [7, 11) is 0. The third kappa shape index (κ3) is 4.35. The number of aliphatic hydroxyl groups is 1. The van der Waals surface area contributed by atoms with Crippen molar-refractivity contribution >= 4 is 17.3 Å². The molecular formula is C25H32N6O3. The molecule has 2 aliphatic heterocycles. The predicted octanol–water partition coefficient (Wildman–Crippen LogP) is 2.85. The lowest BCUT2D eigenvalue weighted by Gasteiger charge is -2.28. The highest BCUT2D eigenvalue weighted by molar-refractivity contribution is 5.82. The van der Waals surface area contributed by atoms with Crippen molar-refractivity contribution in [2.75, 3.05) is 49.7 Å². The highest BCUT2D eigenvalue weighted by atomic mass is 16.5. The molecule has 2 saturated heterocycles. The van der Waals surface area contributed by atoms with Crippen LogP contribution in [-0.2, 0) is 9.47 Å². The van der Waals surface area contributed by atoms with Gasteiger partial charge < -0.3 is 24.8 Å². The van der Waals surface area contributed by atoms with Gasteiger partial charge in [0.25, 0.3) is 0 Å². The Hall–Kier alpha value is -2.75. The predicted molar refractivity (Wildman–Crippen MR) is 129 cm³/mol. The number of morpholine rings is 1. The number of hydrogen-bond donors (Lipinski definition) is 2. The van der Waals surface area contributed by atoms with Crippen molar-refractivity contribution in [3.05, 3.63) is 36.3 Å². The number of hydrogen-bond acceptors (Lipinski definition) is 8. The second-order valence-corrected chi connectivity index (χ2v) is 9.57. The van der Waals surface area contributed by atoms with Crippen molar-refractivity contribution in [2.45, 2.75) is 50.2 Å². The lowest BCUT2D eigenvalue weighted by Crippen LogP contribution is -2.36. The van der Waals surface area contributed by atoms with E-state index in [4.69, 9.17) is 14.6 Å². The van der Waals surface area contributed by atoms with Crippen LogP contribution >= 0.6 is 0 Å². The van der Waals surface area contributed by atoms with E-state index >= 15 is 0 Å². The van der Waals surface area contributed by atoms with Crippen LogP contribution in [0.15, 0.2) is 30.6 Å². The first kappa shape index (κ1) is 21.8. The topological polar surface area (TPSA) is 97.0 Å². The first-order valence-electron chi connectivity index (χ1n) is 12.4. The van der Waals surface area contributed by atoms with Crippen molar-refractivity contribution < 1.29 is 14.6 Å². The summed E-state index contributed by atoms with van der Waals surface area (Å²) in [6.07, 6.45) is 8.18. The van der Waals surface area contributed by atoms with Gasteiger partial charge in [-0.25, -0.2) is 14.5 Å². The number of nitrogens with zero attached hydrogens (tertiary/aromatic N) is 5. The van der Waals surface area contributed by atoms with Gasteiger partial charge in [-0.1, -0.05) is 0 Å². The maximum absolute atomic E-state index is 10.1. The van der Waals surface area contributed by atoms with Crippen LogP contribution in [0.25, 0.3) is 16.6 Å². The number of ether oxygens (including phenoxy) is 2. The maximum Gasteiger partial charge on any atom is 0.241 e. The Kier molecular flexibility index (Phi) is 6.07. The smallest absolute Gasteiger partial charge is 0.241 e. The quantitative estimate of drug-likeness (QED) is 0.595. The van der Waals surface area contributed by atoms with Gasteiger partial charge in [0.05, 0.1) is 43.7 Å². The van der Waals surface area contributed by atoms with Gasteiger partial charge in [0.2, 0.25) is 5.95 Å². The van der Waals surface area contributed by atoms with Crippen LogP contribution in [0.3, 0.4) is 0 Å². The van der Waals surface area contributed by atoms with Crippen LogP contribution in [0.2, 0.25) is 0 Å². The van der Waals surface area contributed by atoms with Crippen LogP contribution in [0.5, 0.6) is 0 Å². The Bertz CT molecular complexity index is 1130. The molecule has 0 aromatic carbocycles. The highest BCUT2D eigenvalue weighted by Crippen LogP contribution is 2.38. The Balaban J connectivity index is 1.39. The summed E-state index contributed by atoms with van der Waals surface area (Å²) >= 11 is 0. The Labute approximate surface area is 199 Å². The van der Waals surface area contributed by atoms with Gasteiger partial charge in [0.1, 0.15) is 5.82 Å². The van der Waals surface area contributed by atoms with E-state index in [1.54, 1.807) is 0 Å². The first-order chi connectivity index (χ1) is 16.7. The Morgan fingerprint density at radius 1 is 0.971 bits per heavy atom. The van der Waals surface area contributed by atoms with E-state index in [0.29, 0.717) is 18.5 Å². The molecule has 1 saturated carbocycles. The zero-order valence-corrected chi connectivity index (χ0v) is 19.4. The molecule has 0 bridgehead atoms. The van der Waals surface area contributed by atoms with Crippen LogP contribution < -0.4 is 10.2 Å². The molecular weight excluding hydrogens is 432 g/mol. The molecule has 9 heteroatoms. The minimum absolute atomic E-state index is 0.188. The van der Waals surface area contributed by atoms with Gasteiger partial charge in [-0.3, -0.25) is 0 Å². The molecule has 0 amide bonds. The zero-order valence-electron chi connectivity index (χ0n) is 19.4. The van der Waals surface area contributed by atoms with Crippen LogP contribution in [0.4, 0.5) is 11.8 Å². The molecule has 5 heterocycles. The van der Waals surface area contributed by atoms with Crippen LogP contribution in [0.1, 0.15) is 43.7 Å². The summed E-state index contributed by atoms with van der Waals surface area (Å²) in [5.74, 6) is 1.97. The van der Waals surface area contributed by atoms with Crippen molar-refractivity contribution in [1.82, 2.24) is 19.6 Å². The summed E-state index contributed by atoms with van der Waals surface area (Å²) in [5, 5.41) is 18.4. The lowest BCUT2D eigenvalue weighted by molar-refractivity contribution is 0.121. The molecule has 2 N–H and O–H groups in total. The van der Waals surface area contributed by atoms with Crippen LogP contribution in [-0.4, -0.2) is 76.4 Å². The molecule has 34 heavy (non-hydrogen) atoms. The summed E-state index contributed by atoms with van der Waals surface area (Å²) in [6, 6.07) is 6.75. The Morgan fingerprint density at radius 2 is 1.82 bits per heavy atom. The normalized spacial score (nSPS) is 25.7. The fourth-order valence-corrected chi connectivity index (χ4v) is 5.36. The van der Waals surface area contributed by atoms with Gasteiger partial charge in [-0.15, -0.1) is 5.10 Å². The summed E-state index contributed by atoms with van der Waals surface area (Å²) < 4.78 is 13.1. The SMILES string of the molecule is O[C@H]1CC[C@H](c2cc(-c3ccnc(N4CCOCC4)c3)c3cnc(N[C@H]4CCOC4)nn32)CC1. The van der Waals surface area contributed by atoms with Gasteiger partial charge in [0.15, 0.2) is 0 Å². The number of anilines is 2. The molecule has 9 nitrogen and oxygen atoms in total. The number of fused-ring (bicyclic) bond motifs is 1. The molecule has 180 valence electrons. The number of pyridine rings is 1. The van der Waals surface area contributed by atoms with Crippen LogP contribution in [0, 0.1) is 0 Å². The molecule has 3 aromatic heterocycles. The zero-order chi connectivity index (χ0) is 22.9. The second-order valence-electron chi connectivity index (χ2n) is 9.57. The number of rotatable bonds is 5. The lowest BCUT2D eigenvalue weighted by atomic mass is 9.85. The third-order valence-corrected chi connectivity index (χ3v) is 7.31. The Morgan fingerprint density at radius 3 is 2.62 bits per heavy atom. The molecule has 0 spiro atoms. The van der Waals surface area contributed by atoms with E-state index < -0.39 is 0 Å². The van der Waals surface area contributed by atoms with E-state index in [1.807, 2.05) is 12.4 Å². The monoisotopic (exact) mass is 464 g/mol. The van der Waals surface area contributed by atoms with E-state index in [0.717, 1.165) is 87.5 Å². The highest BCUT2D eigenvalue weighted by Gasteiger charge is 2.26. The molecule has 1 atom stereocenters. The molecule has 1 aliphatic carbocycles. The van der Waals surface area contributed by atoms with Gasteiger partial charge in [0, 0.05) is 43.1 Å². The number of nitrogens with one attached hydrogen (secondary N) is 1. The molecule has 3 aromatic rings. The van der Waals surface area contributed by atoms with Gasteiger partial charge in [-0.2, -0.15) is 0 Å². The van der Waals surface area contributed by atoms with E-state index in [9.17, 15) is 5.11 Å². The fraction of sp³-hybridized carbons (Fsp3) is 0.560. The molecule has 6 rings (SSSR count). The summed E-state index contributed by atoms with van der Waals surface area (Å²) in [5.41, 5.74) is 4.42. The standard InChI is InChI=1S/C25H32N6O3/c32-20-3-1-17(2-4-20)22-14-21(18-5-7-26-24(13-18)30-8-11-33-12-9-30)23-15-27-25(29-31(22)23)28-19-6-10-34-16-19/h5,7,13-15,17,19-20,32H,1-4,6,8-12,16H2,(H,28,29)/t17-,19-,20-/m0/s1. The van der Waals surface area contributed by atoms with Crippen molar-refractivity contribution in [2.24, 2.45) is 0 Å². The fourth-order valence-electron chi connectivity index (χ4n) is 5.36. The van der Waals surface area contributed by atoms with Gasteiger partial charge in [-0.05, 0) is 55.9 Å². The maximum atomic E-state index is 10.1. The van der Waals surface area contributed by atoms with E-state index in [2.05, 4.69) is 42.9 Å². The number of aliphatic hydroxyl groups excluding tert-OH is 1. The molecule has 3 fully saturated rings. The van der Waals surface area contributed by atoms with E-state index in [-0.39, 0.29) is 12.1 Å². The van der Waals surface area contributed by atoms with Gasteiger partial charge >= 0.3 is 0 Å². The van der Waals surface area contributed by atoms with Crippen molar-refractivity contribution in [1.29, 1.82) is 0 Å². The first-order valence-corrected chi connectivity index (χ1v) is 12.4. The summed E-state index contributed by atoms with van der Waals surface area (Å²) in [6.45, 7) is 4.63. The van der Waals surface area contributed by atoms with E-state index in [1.165, 1.54) is 5.69 Å². The largest absolute Gasteiger partial charge is 0.393 e. The second kappa shape index (κ2) is 9.48. The summed E-state index contributed by atoms with van der Waals surface area (Å²) in [4.78, 5) is 11.6. The minimum atomic E-state index is -0.188. The minimum Gasteiger partial charge on any atom is -0.393 e. The van der Waals surface area contributed by atoms with Crippen molar-refractivity contribution in [3.8, 4) is 11.1 Å².